The largest absolute Gasteiger partial charge is 0.466 e. The van der Waals surface area contributed by atoms with Crippen molar-refractivity contribution < 1.29 is 14.3 Å². The molecule has 0 bridgehead atoms. The maximum atomic E-state index is 12.8. The Labute approximate surface area is 151 Å². The smallest absolute Gasteiger partial charge is 0.310 e. The van der Waals surface area contributed by atoms with E-state index in [2.05, 4.69) is 5.10 Å². The number of aryl methyl sites for hydroxylation is 1. The molecule has 0 N–H and O–H groups in total. The molecule has 1 aromatic heterocycles. The van der Waals surface area contributed by atoms with Crippen molar-refractivity contribution in [2.24, 2.45) is 13.0 Å². The molecule has 3 rings (SSSR count). The molecule has 138 valence electrons. The van der Waals surface area contributed by atoms with Gasteiger partial charge in [-0.2, -0.15) is 5.10 Å². The molecule has 0 unspecified atom stereocenters. The summed E-state index contributed by atoms with van der Waals surface area (Å²) >= 11 is 0. The molecule has 1 aliphatic heterocycles. The van der Waals surface area contributed by atoms with Crippen LogP contribution in [0.3, 0.4) is 0 Å². The van der Waals surface area contributed by atoms with E-state index in [4.69, 9.17) is 4.74 Å². The van der Waals surface area contributed by atoms with Crippen molar-refractivity contribution in [1.82, 2.24) is 14.7 Å². The number of amides is 1. The van der Waals surface area contributed by atoms with Crippen LogP contribution in [0.1, 0.15) is 25.5 Å². The minimum atomic E-state index is -0.266. The number of esters is 1. The maximum absolute atomic E-state index is 12.8. The maximum Gasteiger partial charge on any atom is 0.310 e. The Bertz CT molecular complexity index is 890. The van der Waals surface area contributed by atoms with E-state index in [1.165, 1.54) is 4.68 Å². The monoisotopic (exact) mass is 357 g/mol. The highest BCUT2D eigenvalue weighted by Crippen LogP contribution is 2.20. The van der Waals surface area contributed by atoms with Gasteiger partial charge in [0.1, 0.15) is 0 Å². The Morgan fingerprint density at radius 1 is 1.27 bits per heavy atom. The first-order valence-electron chi connectivity index (χ1n) is 8.90. The van der Waals surface area contributed by atoms with E-state index in [0.717, 1.165) is 12.8 Å². The standard InChI is InChI=1S/C19H23N3O4/c1-3-26-19(25)13-7-6-10-22(12-13)17(23)11-16-14-8-4-5-9-15(14)18(24)21(2)20-16/h4-5,8-9,13H,3,6-7,10-12H2,1-2H3/t13-/m1/s1. The third kappa shape index (κ3) is 3.61. The number of aromatic nitrogens is 2. The van der Waals surface area contributed by atoms with Gasteiger partial charge < -0.3 is 9.64 Å². The molecule has 2 heterocycles. The van der Waals surface area contributed by atoms with Gasteiger partial charge in [-0.25, -0.2) is 4.68 Å². The number of benzene rings is 1. The van der Waals surface area contributed by atoms with Gasteiger partial charge in [-0.3, -0.25) is 14.4 Å². The van der Waals surface area contributed by atoms with E-state index in [-0.39, 0.29) is 29.8 Å². The zero-order valence-electron chi connectivity index (χ0n) is 15.1. The van der Waals surface area contributed by atoms with Crippen LogP contribution >= 0.6 is 0 Å². The molecular weight excluding hydrogens is 334 g/mol. The van der Waals surface area contributed by atoms with Gasteiger partial charge >= 0.3 is 5.97 Å². The summed E-state index contributed by atoms with van der Waals surface area (Å²) in [4.78, 5) is 38.7. The molecular formula is C19H23N3O4. The first kappa shape index (κ1) is 18.1. The molecule has 1 aliphatic rings. The van der Waals surface area contributed by atoms with Crippen molar-refractivity contribution in [3.05, 3.63) is 40.3 Å². The summed E-state index contributed by atoms with van der Waals surface area (Å²) in [7, 11) is 1.58. The van der Waals surface area contributed by atoms with E-state index in [1.54, 1.807) is 31.0 Å². The minimum absolute atomic E-state index is 0.0877. The van der Waals surface area contributed by atoms with Crippen molar-refractivity contribution >= 4 is 22.6 Å². The van der Waals surface area contributed by atoms with Crippen molar-refractivity contribution in [1.29, 1.82) is 0 Å². The molecule has 0 saturated carbocycles. The van der Waals surface area contributed by atoms with Crippen LogP contribution in [0.15, 0.2) is 29.1 Å². The molecule has 1 saturated heterocycles. The van der Waals surface area contributed by atoms with Crippen LogP contribution < -0.4 is 5.56 Å². The number of carbonyl (C=O) groups excluding carboxylic acids is 2. The molecule has 7 nitrogen and oxygen atoms in total. The second-order valence-electron chi connectivity index (χ2n) is 6.53. The van der Waals surface area contributed by atoms with Gasteiger partial charge in [0, 0.05) is 25.5 Å². The average molecular weight is 357 g/mol. The lowest BCUT2D eigenvalue weighted by Crippen LogP contribution is -2.43. The van der Waals surface area contributed by atoms with Crippen LogP contribution in [0.2, 0.25) is 0 Å². The zero-order chi connectivity index (χ0) is 18.7. The summed E-state index contributed by atoms with van der Waals surface area (Å²) in [6.07, 6.45) is 1.62. The summed E-state index contributed by atoms with van der Waals surface area (Å²) in [5.41, 5.74) is 0.392. The predicted octanol–water partition coefficient (Wildman–Crippen LogP) is 1.28. The first-order chi connectivity index (χ1) is 12.5. The van der Waals surface area contributed by atoms with Crippen LogP contribution in [0.25, 0.3) is 10.8 Å². The van der Waals surface area contributed by atoms with Crippen LogP contribution in [0.4, 0.5) is 0 Å². The molecule has 1 fully saturated rings. The molecule has 0 aliphatic carbocycles. The summed E-state index contributed by atoms with van der Waals surface area (Å²) < 4.78 is 6.35. The van der Waals surface area contributed by atoms with Crippen LogP contribution in [-0.2, 0) is 27.8 Å². The lowest BCUT2D eigenvalue weighted by Gasteiger charge is -2.31. The van der Waals surface area contributed by atoms with E-state index in [1.807, 2.05) is 12.1 Å². The van der Waals surface area contributed by atoms with Crippen LogP contribution in [-0.4, -0.2) is 46.3 Å². The van der Waals surface area contributed by atoms with Gasteiger partial charge in [-0.1, -0.05) is 18.2 Å². The zero-order valence-corrected chi connectivity index (χ0v) is 15.1. The molecule has 7 heteroatoms. The third-order valence-corrected chi connectivity index (χ3v) is 4.75. The Morgan fingerprint density at radius 3 is 2.73 bits per heavy atom. The summed E-state index contributed by atoms with van der Waals surface area (Å²) in [6.45, 7) is 3.12. The average Bonchev–Trinajstić information content (AvgIpc) is 2.66. The summed E-state index contributed by atoms with van der Waals surface area (Å²) in [6, 6.07) is 7.17. The number of nitrogens with zero attached hydrogens (tertiary/aromatic N) is 3. The van der Waals surface area contributed by atoms with Gasteiger partial charge in [-0.15, -0.1) is 0 Å². The highest BCUT2D eigenvalue weighted by Gasteiger charge is 2.29. The Hall–Kier alpha value is -2.70. The second kappa shape index (κ2) is 7.68. The predicted molar refractivity (Wildman–Crippen MR) is 96.6 cm³/mol. The molecule has 1 atom stereocenters. The highest BCUT2D eigenvalue weighted by atomic mass is 16.5. The minimum Gasteiger partial charge on any atom is -0.466 e. The van der Waals surface area contributed by atoms with Crippen LogP contribution in [0.5, 0.6) is 0 Å². The van der Waals surface area contributed by atoms with Crippen LogP contribution in [0, 0.1) is 5.92 Å². The topological polar surface area (TPSA) is 81.5 Å². The Balaban J connectivity index is 1.80. The SMILES string of the molecule is CCOC(=O)[C@@H]1CCCN(C(=O)Cc2nn(C)c(=O)c3ccccc23)C1. The number of hydrogen-bond acceptors (Lipinski definition) is 5. The lowest BCUT2D eigenvalue weighted by atomic mass is 9.97. The highest BCUT2D eigenvalue weighted by molar-refractivity contribution is 5.88. The van der Waals surface area contributed by atoms with Gasteiger partial charge in [0.15, 0.2) is 0 Å². The molecule has 1 aromatic carbocycles. The number of fused-ring (bicyclic) bond motifs is 1. The summed E-state index contributed by atoms with van der Waals surface area (Å²) in [5, 5.41) is 5.53. The van der Waals surface area contributed by atoms with Gasteiger partial charge in [0.05, 0.1) is 30.0 Å². The van der Waals surface area contributed by atoms with Gasteiger partial charge in [-0.05, 0) is 25.8 Å². The lowest BCUT2D eigenvalue weighted by molar-refractivity contribution is -0.151. The first-order valence-corrected chi connectivity index (χ1v) is 8.90. The molecule has 2 aromatic rings. The number of ether oxygens (including phenoxy) is 1. The third-order valence-electron chi connectivity index (χ3n) is 4.75. The van der Waals surface area contributed by atoms with E-state index in [9.17, 15) is 14.4 Å². The summed E-state index contributed by atoms with van der Waals surface area (Å²) in [5.74, 6) is -0.594. The van der Waals surface area contributed by atoms with E-state index >= 15 is 0 Å². The number of rotatable bonds is 4. The van der Waals surface area contributed by atoms with Crippen molar-refractivity contribution in [2.75, 3.05) is 19.7 Å². The normalized spacial score (nSPS) is 17.3. The molecule has 26 heavy (non-hydrogen) atoms. The number of likely N-dealkylation sites (tertiary alicyclic amines) is 1. The van der Waals surface area contributed by atoms with Crippen molar-refractivity contribution in [3.8, 4) is 0 Å². The fourth-order valence-corrected chi connectivity index (χ4v) is 3.42. The number of hydrogen-bond donors (Lipinski definition) is 0. The second-order valence-corrected chi connectivity index (χ2v) is 6.53. The van der Waals surface area contributed by atoms with Crippen molar-refractivity contribution in [2.45, 2.75) is 26.2 Å². The molecule has 1 amide bonds. The fraction of sp³-hybridized carbons (Fsp3) is 0.474. The van der Waals surface area contributed by atoms with Gasteiger partial charge in [0.2, 0.25) is 5.91 Å². The number of piperidine rings is 1. The van der Waals surface area contributed by atoms with Gasteiger partial charge in [0.25, 0.3) is 5.56 Å². The van der Waals surface area contributed by atoms with Crippen molar-refractivity contribution in [3.63, 3.8) is 0 Å². The van der Waals surface area contributed by atoms with E-state index in [0.29, 0.717) is 36.2 Å². The fourth-order valence-electron chi connectivity index (χ4n) is 3.42. The number of carbonyl (C=O) groups is 2. The Morgan fingerprint density at radius 2 is 2.00 bits per heavy atom. The molecule has 0 spiro atoms. The molecule has 0 radical (unpaired) electrons. The van der Waals surface area contributed by atoms with E-state index < -0.39 is 0 Å². The Kier molecular flexibility index (Phi) is 5.35. The quantitative estimate of drug-likeness (QED) is 0.770.